The molecule has 1 heterocycles. The molecule has 0 radical (unpaired) electrons. The number of para-hydroxylation sites is 2. The van der Waals surface area contributed by atoms with Gasteiger partial charge < -0.3 is 15.0 Å². The minimum absolute atomic E-state index is 0.257. The Labute approximate surface area is 112 Å². The van der Waals surface area contributed by atoms with Gasteiger partial charge in [-0.2, -0.15) is 8.78 Å². The maximum atomic E-state index is 12.4. The van der Waals surface area contributed by atoms with Crippen molar-refractivity contribution < 1.29 is 13.5 Å². The van der Waals surface area contributed by atoms with Crippen molar-refractivity contribution in [2.75, 3.05) is 25.0 Å². The summed E-state index contributed by atoms with van der Waals surface area (Å²) in [6.45, 7) is 1.08. The van der Waals surface area contributed by atoms with Crippen molar-refractivity contribution in [3.8, 4) is 5.75 Å². The van der Waals surface area contributed by atoms with Crippen molar-refractivity contribution in [1.82, 2.24) is 5.32 Å². The smallest absolute Gasteiger partial charge is 0.387 e. The fourth-order valence-electron chi connectivity index (χ4n) is 2.71. The molecule has 0 amide bonds. The van der Waals surface area contributed by atoms with Crippen LogP contribution in [0.5, 0.6) is 5.75 Å². The van der Waals surface area contributed by atoms with Crippen molar-refractivity contribution in [2.45, 2.75) is 26.0 Å². The largest absolute Gasteiger partial charge is 0.433 e. The van der Waals surface area contributed by atoms with E-state index >= 15 is 0 Å². The highest BCUT2D eigenvalue weighted by Crippen LogP contribution is 2.32. The van der Waals surface area contributed by atoms with Gasteiger partial charge in [0.15, 0.2) is 0 Å². The fraction of sp³-hybridized carbons (Fsp3) is 0.571. The molecule has 1 fully saturated rings. The first-order valence-electron chi connectivity index (χ1n) is 6.58. The van der Waals surface area contributed by atoms with Crippen LogP contribution in [0.15, 0.2) is 24.3 Å². The zero-order valence-corrected chi connectivity index (χ0v) is 11.3. The van der Waals surface area contributed by atoms with Crippen LogP contribution in [0.2, 0.25) is 0 Å². The van der Waals surface area contributed by atoms with Crippen LogP contribution < -0.4 is 15.0 Å². The lowest BCUT2D eigenvalue weighted by Crippen LogP contribution is -2.47. The molecule has 0 aromatic heterocycles. The average molecular weight is 270 g/mol. The predicted octanol–water partition coefficient (Wildman–Crippen LogP) is 2.72. The van der Waals surface area contributed by atoms with E-state index < -0.39 is 6.61 Å². The van der Waals surface area contributed by atoms with E-state index in [0.717, 1.165) is 25.2 Å². The third kappa shape index (κ3) is 3.35. The molecule has 2 unspecified atom stereocenters. The standard InChI is InChI=1S/C14H20F2N2O/c1-10-9-18(8-7-11(10)17-2)12-5-3-4-6-13(12)19-14(15)16/h3-6,10-11,14,17H,7-9H2,1-2H3. The lowest BCUT2D eigenvalue weighted by molar-refractivity contribution is -0.0495. The van der Waals surface area contributed by atoms with Gasteiger partial charge in [0.05, 0.1) is 5.69 Å². The van der Waals surface area contributed by atoms with E-state index in [-0.39, 0.29) is 5.75 Å². The van der Waals surface area contributed by atoms with Crippen LogP contribution in [0.25, 0.3) is 0 Å². The molecule has 5 heteroatoms. The third-order valence-corrected chi connectivity index (χ3v) is 3.70. The second kappa shape index (κ2) is 6.19. The number of ether oxygens (including phenoxy) is 1. The lowest BCUT2D eigenvalue weighted by Gasteiger charge is -2.38. The van der Waals surface area contributed by atoms with E-state index in [1.165, 1.54) is 0 Å². The maximum Gasteiger partial charge on any atom is 0.387 e. The molecule has 3 nitrogen and oxygen atoms in total. The molecular formula is C14H20F2N2O. The summed E-state index contributed by atoms with van der Waals surface area (Å²) in [7, 11) is 1.96. The first-order valence-corrected chi connectivity index (χ1v) is 6.58. The molecule has 1 aromatic carbocycles. The van der Waals surface area contributed by atoms with Crippen LogP contribution in [0, 0.1) is 5.92 Å². The number of hydrogen-bond donors (Lipinski definition) is 1. The number of benzene rings is 1. The van der Waals surface area contributed by atoms with Crippen LogP contribution in [-0.4, -0.2) is 32.8 Å². The number of nitrogens with zero attached hydrogens (tertiary/aromatic N) is 1. The fourth-order valence-corrected chi connectivity index (χ4v) is 2.71. The Hall–Kier alpha value is -1.36. The predicted molar refractivity (Wildman–Crippen MR) is 71.9 cm³/mol. The first-order chi connectivity index (χ1) is 9.11. The number of alkyl halides is 2. The van der Waals surface area contributed by atoms with E-state index in [0.29, 0.717) is 12.0 Å². The highest BCUT2D eigenvalue weighted by molar-refractivity contribution is 5.58. The van der Waals surface area contributed by atoms with Gasteiger partial charge in [0, 0.05) is 19.1 Å². The van der Waals surface area contributed by atoms with Gasteiger partial charge in [-0.05, 0) is 31.5 Å². The first kappa shape index (κ1) is 14.1. The van der Waals surface area contributed by atoms with Crippen LogP contribution in [0.4, 0.5) is 14.5 Å². The van der Waals surface area contributed by atoms with Gasteiger partial charge in [0.1, 0.15) is 5.75 Å². The van der Waals surface area contributed by atoms with Gasteiger partial charge in [-0.1, -0.05) is 19.1 Å². The SMILES string of the molecule is CNC1CCN(c2ccccc2OC(F)F)CC1C. The molecule has 0 aliphatic carbocycles. The van der Waals surface area contributed by atoms with Crippen molar-refractivity contribution in [1.29, 1.82) is 0 Å². The number of piperidine rings is 1. The van der Waals surface area contributed by atoms with E-state index in [9.17, 15) is 8.78 Å². The lowest BCUT2D eigenvalue weighted by atomic mass is 9.93. The van der Waals surface area contributed by atoms with Gasteiger partial charge in [0.2, 0.25) is 0 Å². The number of anilines is 1. The molecule has 1 aromatic rings. The minimum atomic E-state index is -2.78. The quantitative estimate of drug-likeness (QED) is 0.910. The molecule has 106 valence electrons. The molecule has 1 saturated heterocycles. The Morgan fingerprint density at radius 2 is 2.11 bits per heavy atom. The highest BCUT2D eigenvalue weighted by atomic mass is 19.3. The zero-order chi connectivity index (χ0) is 13.8. The van der Waals surface area contributed by atoms with Crippen LogP contribution in [-0.2, 0) is 0 Å². The molecule has 1 aliphatic rings. The summed E-state index contributed by atoms with van der Waals surface area (Å²) < 4.78 is 29.4. The average Bonchev–Trinajstić information content (AvgIpc) is 2.38. The Balaban J connectivity index is 2.14. The van der Waals surface area contributed by atoms with E-state index in [4.69, 9.17) is 0 Å². The second-order valence-corrected chi connectivity index (χ2v) is 4.95. The molecule has 2 atom stereocenters. The van der Waals surface area contributed by atoms with Crippen LogP contribution in [0.1, 0.15) is 13.3 Å². The summed E-state index contributed by atoms with van der Waals surface area (Å²) in [6.07, 6.45) is 1.00. The Kier molecular flexibility index (Phi) is 4.58. The van der Waals surface area contributed by atoms with Gasteiger partial charge in [-0.3, -0.25) is 0 Å². The zero-order valence-electron chi connectivity index (χ0n) is 11.3. The topological polar surface area (TPSA) is 24.5 Å². The van der Waals surface area contributed by atoms with Gasteiger partial charge >= 0.3 is 6.61 Å². The molecule has 0 saturated carbocycles. The molecule has 19 heavy (non-hydrogen) atoms. The van der Waals surface area contributed by atoms with Gasteiger partial charge in [0.25, 0.3) is 0 Å². The van der Waals surface area contributed by atoms with Crippen molar-refractivity contribution in [3.63, 3.8) is 0 Å². The van der Waals surface area contributed by atoms with Crippen molar-refractivity contribution in [3.05, 3.63) is 24.3 Å². The van der Waals surface area contributed by atoms with E-state index in [2.05, 4.69) is 21.9 Å². The number of rotatable bonds is 4. The Morgan fingerprint density at radius 1 is 1.37 bits per heavy atom. The monoisotopic (exact) mass is 270 g/mol. The summed E-state index contributed by atoms with van der Waals surface area (Å²) in [6, 6.07) is 7.48. The Bertz CT molecular complexity index is 414. The number of halogens is 2. The highest BCUT2D eigenvalue weighted by Gasteiger charge is 2.26. The minimum Gasteiger partial charge on any atom is -0.433 e. The summed E-state index contributed by atoms with van der Waals surface area (Å²) in [5.41, 5.74) is 0.754. The van der Waals surface area contributed by atoms with Gasteiger partial charge in [-0.15, -0.1) is 0 Å². The molecule has 2 rings (SSSR count). The van der Waals surface area contributed by atoms with Crippen molar-refractivity contribution in [2.24, 2.45) is 5.92 Å². The molecule has 0 spiro atoms. The second-order valence-electron chi connectivity index (χ2n) is 4.95. The summed E-state index contributed by atoms with van der Waals surface area (Å²) >= 11 is 0. The van der Waals surface area contributed by atoms with Gasteiger partial charge in [-0.25, -0.2) is 0 Å². The summed E-state index contributed by atoms with van der Waals surface area (Å²) in [5, 5.41) is 3.29. The Morgan fingerprint density at radius 3 is 2.74 bits per heavy atom. The molecule has 1 aliphatic heterocycles. The van der Waals surface area contributed by atoms with Crippen LogP contribution >= 0.6 is 0 Å². The normalized spacial score (nSPS) is 23.7. The molecular weight excluding hydrogens is 250 g/mol. The maximum absolute atomic E-state index is 12.4. The molecule has 1 N–H and O–H groups in total. The van der Waals surface area contributed by atoms with Crippen LogP contribution in [0.3, 0.4) is 0 Å². The van der Waals surface area contributed by atoms with E-state index in [1.807, 2.05) is 19.2 Å². The van der Waals surface area contributed by atoms with E-state index in [1.54, 1.807) is 12.1 Å². The molecule has 0 bridgehead atoms. The summed E-state index contributed by atoms with van der Waals surface area (Å²) in [5.74, 6) is 0.728. The third-order valence-electron chi connectivity index (χ3n) is 3.70. The summed E-state index contributed by atoms with van der Waals surface area (Å²) in [4.78, 5) is 2.12. The van der Waals surface area contributed by atoms with Crippen molar-refractivity contribution >= 4 is 5.69 Å². The number of hydrogen-bond acceptors (Lipinski definition) is 3. The number of nitrogens with one attached hydrogen (secondary N) is 1.